The maximum absolute atomic E-state index is 10.6. The van der Waals surface area contributed by atoms with Gasteiger partial charge in [-0.1, -0.05) is 36.2 Å². The van der Waals surface area contributed by atoms with Crippen molar-refractivity contribution in [3.63, 3.8) is 0 Å². The highest BCUT2D eigenvalue weighted by atomic mass is 35.5. The van der Waals surface area contributed by atoms with Crippen molar-refractivity contribution in [3.05, 3.63) is 33.8 Å². The van der Waals surface area contributed by atoms with Gasteiger partial charge in [-0.05, 0) is 29.7 Å². The van der Waals surface area contributed by atoms with Gasteiger partial charge in [-0.3, -0.25) is 4.79 Å². The van der Waals surface area contributed by atoms with Crippen LogP contribution >= 0.6 is 23.2 Å². The van der Waals surface area contributed by atoms with Crippen molar-refractivity contribution < 1.29 is 14.6 Å². The molecule has 18 heavy (non-hydrogen) atoms. The van der Waals surface area contributed by atoms with Gasteiger partial charge in [0, 0.05) is 0 Å². The smallest absolute Gasteiger partial charge is 0.307 e. The molecule has 0 fully saturated rings. The first kappa shape index (κ1) is 14.9. The Morgan fingerprint density at radius 1 is 1.39 bits per heavy atom. The van der Waals surface area contributed by atoms with Crippen molar-refractivity contribution in [2.45, 2.75) is 19.8 Å². The molecule has 0 unspecified atom stereocenters. The second-order valence-electron chi connectivity index (χ2n) is 3.65. The molecule has 0 aliphatic heterocycles. The molecule has 1 N–H and O–H groups in total. The van der Waals surface area contributed by atoms with Gasteiger partial charge in [0.05, 0.1) is 23.6 Å². The first-order chi connectivity index (χ1) is 8.49. The highest BCUT2D eigenvalue weighted by Crippen LogP contribution is 2.36. The van der Waals surface area contributed by atoms with Crippen LogP contribution in [-0.4, -0.2) is 18.2 Å². The summed E-state index contributed by atoms with van der Waals surface area (Å²) in [5.41, 5.74) is 1.71. The fraction of sp³-hybridized carbons (Fsp3) is 0.308. The molecule has 0 spiro atoms. The molecular weight excluding hydrogens is 275 g/mol. The molecule has 0 radical (unpaired) electrons. The van der Waals surface area contributed by atoms with Crippen LogP contribution in [0.3, 0.4) is 0 Å². The first-order valence-electron chi connectivity index (χ1n) is 5.43. The first-order valence-corrected chi connectivity index (χ1v) is 6.19. The SMILES string of the molecule is CC/C(=C\CC(=O)O)c1cc(Cl)c(OC)c(Cl)c1. The predicted octanol–water partition coefficient (Wildman–Crippen LogP) is 4.27. The van der Waals surface area contributed by atoms with Crippen molar-refractivity contribution >= 4 is 34.7 Å². The minimum Gasteiger partial charge on any atom is -0.494 e. The molecule has 0 aliphatic rings. The number of carboxylic acid groups (broad SMARTS) is 1. The number of halogens is 2. The molecule has 0 heterocycles. The summed E-state index contributed by atoms with van der Waals surface area (Å²) in [6.45, 7) is 1.94. The summed E-state index contributed by atoms with van der Waals surface area (Å²) < 4.78 is 5.06. The summed E-state index contributed by atoms with van der Waals surface area (Å²) in [7, 11) is 1.49. The lowest BCUT2D eigenvalue weighted by atomic mass is 10.0. The van der Waals surface area contributed by atoms with Crippen LogP contribution in [-0.2, 0) is 4.79 Å². The van der Waals surface area contributed by atoms with Crippen LogP contribution in [0.2, 0.25) is 10.0 Å². The van der Waals surface area contributed by atoms with Crippen LogP contribution in [0.25, 0.3) is 5.57 Å². The highest BCUT2D eigenvalue weighted by molar-refractivity contribution is 6.37. The molecule has 0 saturated heterocycles. The van der Waals surface area contributed by atoms with Gasteiger partial charge in [0.15, 0.2) is 5.75 Å². The number of hydrogen-bond donors (Lipinski definition) is 1. The van der Waals surface area contributed by atoms with E-state index in [4.69, 9.17) is 33.0 Å². The third kappa shape index (κ3) is 3.65. The Bertz CT molecular complexity index is 458. The van der Waals surface area contributed by atoms with Crippen LogP contribution in [0.1, 0.15) is 25.3 Å². The average Bonchev–Trinajstić information content (AvgIpc) is 2.29. The number of carbonyl (C=O) groups is 1. The van der Waals surface area contributed by atoms with E-state index in [-0.39, 0.29) is 6.42 Å². The molecule has 0 aromatic heterocycles. The van der Waals surface area contributed by atoms with Crippen LogP contribution < -0.4 is 4.74 Å². The van der Waals surface area contributed by atoms with Gasteiger partial charge < -0.3 is 9.84 Å². The maximum Gasteiger partial charge on any atom is 0.307 e. The van der Waals surface area contributed by atoms with Crippen LogP contribution in [0, 0.1) is 0 Å². The Labute approximate surface area is 116 Å². The zero-order chi connectivity index (χ0) is 13.7. The molecule has 1 aromatic rings. The molecule has 0 saturated carbocycles. The summed E-state index contributed by atoms with van der Waals surface area (Å²) in [6.07, 6.45) is 2.34. The average molecular weight is 289 g/mol. The molecule has 1 rings (SSSR count). The Morgan fingerprint density at radius 2 is 1.94 bits per heavy atom. The standard InChI is InChI=1S/C13H14Cl2O3/c1-3-8(4-5-12(16)17)9-6-10(14)13(18-2)11(15)7-9/h4,6-7H,3,5H2,1-2H3,(H,16,17)/b8-4+. The summed E-state index contributed by atoms with van der Waals surface area (Å²) in [6, 6.07) is 3.45. The van der Waals surface area contributed by atoms with E-state index in [2.05, 4.69) is 0 Å². The Kier molecular flexibility index (Phi) is 5.51. The van der Waals surface area contributed by atoms with Crippen molar-refractivity contribution in [2.75, 3.05) is 7.11 Å². The van der Waals surface area contributed by atoms with Gasteiger partial charge in [0.2, 0.25) is 0 Å². The molecule has 1 aromatic carbocycles. The van der Waals surface area contributed by atoms with Gasteiger partial charge in [-0.15, -0.1) is 0 Å². The lowest BCUT2D eigenvalue weighted by molar-refractivity contribution is -0.135. The van der Waals surface area contributed by atoms with Gasteiger partial charge in [-0.2, -0.15) is 0 Å². The van der Waals surface area contributed by atoms with Gasteiger partial charge >= 0.3 is 5.97 Å². The fourth-order valence-corrected chi connectivity index (χ4v) is 2.26. The zero-order valence-electron chi connectivity index (χ0n) is 10.2. The Morgan fingerprint density at radius 3 is 2.33 bits per heavy atom. The summed E-state index contributed by atoms with van der Waals surface area (Å²) >= 11 is 12.1. The minimum absolute atomic E-state index is 0.0234. The van der Waals surface area contributed by atoms with E-state index in [1.807, 2.05) is 6.92 Å². The number of rotatable bonds is 5. The molecule has 98 valence electrons. The van der Waals surface area contributed by atoms with E-state index in [0.717, 1.165) is 11.1 Å². The Hall–Kier alpha value is -1.19. The summed E-state index contributed by atoms with van der Waals surface area (Å²) in [5, 5.41) is 9.50. The molecule has 0 aliphatic carbocycles. The van der Waals surface area contributed by atoms with Crippen LogP contribution in [0.5, 0.6) is 5.75 Å². The number of aliphatic carboxylic acids is 1. The zero-order valence-corrected chi connectivity index (χ0v) is 11.7. The second kappa shape index (κ2) is 6.66. The normalized spacial score (nSPS) is 11.4. The molecule has 3 nitrogen and oxygen atoms in total. The van der Waals surface area contributed by atoms with Crippen molar-refractivity contribution in [1.82, 2.24) is 0 Å². The monoisotopic (exact) mass is 288 g/mol. The van der Waals surface area contributed by atoms with Gasteiger partial charge in [0.1, 0.15) is 0 Å². The van der Waals surface area contributed by atoms with E-state index in [1.54, 1.807) is 18.2 Å². The van der Waals surface area contributed by atoms with Gasteiger partial charge in [0.25, 0.3) is 0 Å². The lowest BCUT2D eigenvalue weighted by Gasteiger charge is -2.10. The predicted molar refractivity (Wildman–Crippen MR) is 73.5 cm³/mol. The number of hydrogen-bond acceptors (Lipinski definition) is 2. The largest absolute Gasteiger partial charge is 0.494 e. The van der Waals surface area contributed by atoms with Crippen LogP contribution in [0.4, 0.5) is 0 Å². The third-order valence-corrected chi connectivity index (χ3v) is 3.04. The van der Waals surface area contributed by atoms with E-state index < -0.39 is 5.97 Å². The number of carboxylic acids is 1. The van der Waals surface area contributed by atoms with E-state index >= 15 is 0 Å². The second-order valence-corrected chi connectivity index (χ2v) is 4.47. The minimum atomic E-state index is -0.869. The number of allylic oxidation sites excluding steroid dienone is 1. The van der Waals surface area contributed by atoms with E-state index in [9.17, 15) is 4.79 Å². The molecule has 0 atom stereocenters. The molecule has 5 heteroatoms. The van der Waals surface area contributed by atoms with E-state index in [1.165, 1.54) is 7.11 Å². The lowest BCUT2D eigenvalue weighted by Crippen LogP contribution is -1.93. The Balaban J connectivity index is 3.15. The van der Waals surface area contributed by atoms with Gasteiger partial charge in [-0.25, -0.2) is 0 Å². The van der Waals surface area contributed by atoms with Crippen LogP contribution in [0.15, 0.2) is 18.2 Å². The topological polar surface area (TPSA) is 46.5 Å². The van der Waals surface area contributed by atoms with Crippen molar-refractivity contribution in [1.29, 1.82) is 0 Å². The van der Waals surface area contributed by atoms with Crippen molar-refractivity contribution in [3.8, 4) is 5.75 Å². The van der Waals surface area contributed by atoms with Crippen molar-refractivity contribution in [2.24, 2.45) is 0 Å². The fourth-order valence-electron chi connectivity index (χ4n) is 1.62. The molecule has 0 amide bonds. The van der Waals surface area contributed by atoms with E-state index in [0.29, 0.717) is 22.2 Å². The number of ether oxygens (including phenoxy) is 1. The highest BCUT2D eigenvalue weighted by Gasteiger charge is 2.10. The third-order valence-electron chi connectivity index (χ3n) is 2.48. The summed E-state index contributed by atoms with van der Waals surface area (Å²) in [5.74, 6) is -0.442. The number of methoxy groups -OCH3 is 1. The molecule has 0 bridgehead atoms. The summed E-state index contributed by atoms with van der Waals surface area (Å²) in [4.78, 5) is 10.6. The quantitative estimate of drug-likeness (QED) is 0.880. The maximum atomic E-state index is 10.6. The molecular formula is C13H14Cl2O3. The number of benzene rings is 1.